The summed E-state index contributed by atoms with van der Waals surface area (Å²) in [7, 11) is 0. The third kappa shape index (κ3) is 1.70. The Bertz CT molecular complexity index is 271. The lowest BCUT2D eigenvalue weighted by Gasteiger charge is -2.01. The number of benzene rings is 1. The molecule has 58 valence electrons. The second kappa shape index (κ2) is 3.05. The van der Waals surface area contributed by atoms with Crippen molar-refractivity contribution in [3.05, 3.63) is 23.8 Å². The molecular weight excluding hydrogens is 142 g/mol. The highest BCUT2D eigenvalue weighted by Gasteiger charge is 1.97. The van der Waals surface area contributed by atoms with Gasteiger partial charge in [-0.15, -0.1) is 0 Å². The molecule has 0 spiro atoms. The number of hydrogen-bond donors (Lipinski definition) is 2. The van der Waals surface area contributed by atoms with Gasteiger partial charge in [0.05, 0.1) is 5.69 Å². The zero-order chi connectivity index (χ0) is 8.27. The molecule has 11 heavy (non-hydrogen) atoms. The zero-order valence-electron chi connectivity index (χ0n) is 6.16. The van der Waals surface area contributed by atoms with E-state index >= 15 is 0 Å². The van der Waals surface area contributed by atoms with Gasteiger partial charge in [-0.2, -0.15) is 0 Å². The van der Waals surface area contributed by atoms with E-state index in [1.165, 1.54) is 0 Å². The molecule has 0 fully saturated rings. The van der Waals surface area contributed by atoms with Crippen LogP contribution < -0.4 is 5.32 Å². The number of nitrogens with one attached hydrogen (secondary N) is 1. The van der Waals surface area contributed by atoms with Crippen molar-refractivity contribution in [1.82, 2.24) is 0 Å². The Morgan fingerprint density at radius 1 is 1.55 bits per heavy atom. The van der Waals surface area contributed by atoms with Crippen molar-refractivity contribution >= 4 is 12.1 Å². The quantitative estimate of drug-likeness (QED) is 0.494. The molecule has 0 saturated carbocycles. The number of aryl methyl sites for hydroxylation is 1. The summed E-state index contributed by atoms with van der Waals surface area (Å²) in [5.74, 6) is 0.0945. The summed E-state index contributed by atoms with van der Waals surface area (Å²) < 4.78 is 0. The smallest absolute Gasteiger partial charge is 0.211 e. The van der Waals surface area contributed by atoms with Gasteiger partial charge in [0.2, 0.25) is 6.41 Å². The maximum absolute atomic E-state index is 9.99. The SMILES string of the molecule is Cc1ccc(NC=O)c(O)c1. The predicted molar refractivity (Wildman–Crippen MR) is 42.5 cm³/mol. The summed E-state index contributed by atoms with van der Waals surface area (Å²) in [4.78, 5) is 9.99. The molecule has 1 amide bonds. The lowest BCUT2D eigenvalue weighted by Crippen LogP contribution is -1.93. The molecule has 0 bridgehead atoms. The first-order valence-electron chi connectivity index (χ1n) is 3.24. The van der Waals surface area contributed by atoms with Crippen molar-refractivity contribution in [2.24, 2.45) is 0 Å². The van der Waals surface area contributed by atoms with E-state index in [-0.39, 0.29) is 5.75 Å². The standard InChI is InChI=1S/C8H9NO2/c1-6-2-3-7(9-5-10)8(11)4-6/h2-5,11H,1H3,(H,9,10). The van der Waals surface area contributed by atoms with Crippen molar-refractivity contribution in [1.29, 1.82) is 0 Å². The lowest BCUT2D eigenvalue weighted by atomic mass is 10.2. The maximum Gasteiger partial charge on any atom is 0.211 e. The Labute approximate surface area is 64.7 Å². The average Bonchev–Trinajstić information content (AvgIpc) is 1.95. The Morgan fingerprint density at radius 3 is 2.82 bits per heavy atom. The molecule has 1 aromatic rings. The summed E-state index contributed by atoms with van der Waals surface area (Å²) in [5.41, 5.74) is 1.39. The molecule has 1 rings (SSSR count). The molecule has 0 aromatic heterocycles. The highest BCUT2D eigenvalue weighted by atomic mass is 16.3. The number of amides is 1. The average molecular weight is 151 g/mol. The molecule has 0 aliphatic rings. The predicted octanol–water partition coefficient (Wildman–Crippen LogP) is 1.27. The van der Waals surface area contributed by atoms with Gasteiger partial charge in [-0.3, -0.25) is 4.79 Å². The van der Waals surface area contributed by atoms with Gasteiger partial charge in [-0.05, 0) is 24.6 Å². The second-order valence-electron chi connectivity index (χ2n) is 2.28. The van der Waals surface area contributed by atoms with Gasteiger partial charge < -0.3 is 10.4 Å². The van der Waals surface area contributed by atoms with E-state index in [2.05, 4.69) is 5.32 Å². The Hall–Kier alpha value is -1.51. The van der Waals surface area contributed by atoms with Gasteiger partial charge in [0.15, 0.2) is 0 Å². The van der Waals surface area contributed by atoms with Crippen LogP contribution in [0.4, 0.5) is 5.69 Å². The molecule has 0 saturated heterocycles. The fourth-order valence-corrected chi connectivity index (χ4v) is 0.827. The fraction of sp³-hybridized carbons (Fsp3) is 0.125. The molecule has 3 nitrogen and oxygen atoms in total. The van der Waals surface area contributed by atoms with Crippen LogP contribution in [0.3, 0.4) is 0 Å². The second-order valence-corrected chi connectivity index (χ2v) is 2.28. The minimum Gasteiger partial charge on any atom is -0.506 e. The number of hydrogen-bond acceptors (Lipinski definition) is 2. The van der Waals surface area contributed by atoms with E-state index in [4.69, 9.17) is 0 Å². The van der Waals surface area contributed by atoms with Crippen molar-refractivity contribution < 1.29 is 9.90 Å². The largest absolute Gasteiger partial charge is 0.506 e. The summed E-state index contributed by atoms with van der Waals surface area (Å²) in [6.07, 6.45) is 0.532. The summed E-state index contributed by atoms with van der Waals surface area (Å²) >= 11 is 0. The van der Waals surface area contributed by atoms with Crippen molar-refractivity contribution in [2.45, 2.75) is 6.92 Å². The highest BCUT2D eigenvalue weighted by molar-refractivity contribution is 5.75. The summed E-state index contributed by atoms with van der Waals surface area (Å²) in [6, 6.07) is 5.05. The Morgan fingerprint density at radius 2 is 2.27 bits per heavy atom. The third-order valence-electron chi connectivity index (χ3n) is 1.37. The van der Waals surface area contributed by atoms with Crippen molar-refractivity contribution in [3.8, 4) is 5.75 Å². The molecule has 0 aliphatic carbocycles. The summed E-state index contributed by atoms with van der Waals surface area (Å²) in [6.45, 7) is 1.87. The van der Waals surface area contributed by atoms with Crippen LogP contribution in [0.25, 0.3) is 0 Å². The number of rotatable bonds is 2. The normalized spacial score (nSPS) is 9.18. The fourth-order valence-electron chi connectivity index (χ4n) is 0.827. The van der Waals surface area contributed by atoms with Crippen LogP contribution in [-0.4, -0.2) is 11.5 Å². The first-order valence-corrected chi connectivity index (χ1v) is 3.24. The number of phenols is 1. The van der Waals surface area contributed by atoms with E-state index < -0.39 is 0 Å². The maximum atomic E-state index is 9.99. The zero-order valence-corrected chi connectivity index (χ0v) is 6.16. The van der Waals surface area contributed by atoms with Crippen LogP contribution in [0.2, 0.25) is 0 Å². The van der Waals surface area contributed by atoms with E-state index in [1.807, 2.05) is 13.0 Å². The molecule has 1 aromatic carbocycles. The molecule has 0 heterocycles. The van der Waals surface area contributed by atoms with Gasteiger partial charge in [-0.25, -0.2) is 0 Å². The van der Waals surface area contributed by atoms with Crippen LogP contribution >= 0.6 is 0 Å². The number of carbonyl (C=O) groups excluding carboxylic acids is 1. The van der Waals surface area contributed by atoms with Gasteiger partial charge in [-0.1, -0.05) is 6.07 Å². The van der Waals surface area contributed by atoms with Gasteiger partial charge in [0.25, 0.3) is 0 Å². The molecular formula is C8H9NO2. The first kappa shape index (κ1) is 7.60. The Balaban J connectivity index is 2.98. The van der Waals surface area contributed by atoms with E-state index in [0.717, 1.165) is 5.56 Å². The molecule has 2 N–H and O–H groups in total. The van der Waals surface area contributed by atoms with Crippen LogP contribution in [0.1, 0.15) is 5.56 Å². The first-order chi connectivity index (χ1) is 5.24. The van der Waals surface area contributed by atoms with Crippen LogP contribution in [0.5, 0.6) is 5.75 Å². The molecule has 0 atom stereocenters. The third-order valence-corrected chi connectivity index (χ3v) is 1.37. The van der Waals surface area contributed by atoms with Gasteiger partial charge in [0.1, 0.15) is 5.75 Å². The van der Waals surface area contributed by atoms with Crippen molar-refractivity contribution in [2.75, 3.05) is 5.32 Å². The number of anilines is 1. The molecule has 0 radical (unpaired) electrons. The van der Waals surface area contributed by atoms with Crippen LogP contribution in [-0.2, 0) is 4.79 Å². The number of carbonyl (C=O) groups is 1. The van der Waals surface area contributed by atoms with E-state index in [1.54, 1.807) is 12.1 Å². The molecule has 0 unspecified atom stereocenters. The number of aromatic hydroxyl groups is 1. The molecule has 0 aliphatic heterocycles. The monoisotopic (exact) mass is 151 g/mol. The van der Waals surface area contributed by atoms with Crippen LogP contribution in [0.15, 0.2) is 18.2 Å². The molecule has 3 heteroatoms. The van der Waals surface area contributed by atoms with Gasteiger partial charge >= 0.3 is 0 Å². The van der Waals surface area contributed by atoms with E-state index in [0.29, 0.717) is 12.1 Å². The van der Waals surface area contributed by atoms with Gasteiger partial charge in [0, 0.05) is 0 Å². The minimum atomic E-state index is 0.0945. The lowest BCUT2D eigenvalue weighted by molar-refractivity contribution is -0.105. The number of phenolic OH excluding ortho intramolecular Hbond substituents is 1. The Kier molecular flexibility index (Phi) is 2.11. The highest BCUT2D eigenvalue weighted by Crippen LogP contribution is 2.22. The minimum absolute atomic E-state index is 0.0945. The van der Waals surface area contributed by atoms with Crippen LogP contribution in [0, 0.1) is 6.92 Å². The topological polar surface area (TPSA) is 49.3 Å². The summed E-state index contributed by atoms with van der Waals surface area (Å²) in [5, 5.41) is 11.6. The van der Waals surface area contributed by atoms with E-state index in [9.17, 15) is 9.90 Å². The van der Waals surface area contributed by atoms with Crippen molar-refractivity contribution in [3.63, 3.8) is 0 Å².